The number of allylic oxidation sites excluding steroid dienone is 1. The first-order valence-corrected chi connectivity index (χ1v) is 8.53. The maximum Gasteiger partial charge on any atom is 0.426 e. The van der Waals surface area contributed by atoms with Gasteiger partial charge < -0.3 is 4.74 Å². The molecule has 0 aliphatic carbocycles. The van der Waals surface area contributed by atoms with Crippen LogP contribution in [0.3, 0.4) is 0 Å². The average molecular weight is 426 g/mol. The van der Waals surface area contributed by atoms with Gasteiger partial charge in [0.25, 0.3) is 0 Å². The van der Waals surface area contributed by atoms with Crippen LogP contribution in [0.15, 0.2) is 66.5 Å². The minimum absolute atomic E-state index is 0.0315. The van der Waals surface area contributed by atoms with E-state index in [0.717, 1.165) is 55.5 Å². The summed E-state index contributed by atoms with van der Waals surface area (Å²) in [6.45, 7) is 0.923. The number of halogens is 7. The Hall–Kier alpha value is -3.29. The highest BCUT2D eigenvalue weighted by molar-refractivity contribution is 5.64. The zero-order chi connectivity index (χ0) is 22.1. The van der Waals surface area contributed by atoms with Crippen LogP contribution in [0.2, 0.25) is 0 Å². The fraction of sp³-hybridized carbons (Fsp3) is 0.0909. The van der Waals surface area contributed by atoms with Crippen LogP contribution in [0.4, 0.5) is 30.7 Å². The van der Waals surface area contributed by atoms with Crippen LogP contribution >= 0.6 is 0 Å². The highest BCUT2D eigenvalue weighted by Gasteiger charge is 2.34. The predicted octanol–water partition coefficient (Wildman–Crippen LogP) is 7.53. The maximum atomic E-state index is 14.4. The SMILES string of the molecule is CC(F)=C(F)c1ccc(OC(F)(F)c2ccc(-c3cc(F)c(F)c(F)c3)cc2)cc1. The summed E-state index contributed by atoms with van der Waals surface area (Å²) in [5.41, 5.74) is -0.547. The van der Waals surface area contributed by atoms with Crippen molar-refractivity contribution in [3.63, 3.8) is 0 Å². The lowest BCUT2D eigenvalue weighted by Gasteiger charge is -2.19. The maximum absolute atomic E-state index is 14.4. The normalized spacial score (nSPS) is 12.5. The zero-order valence-electron chi connectivity index (χ0n) is 15.3. The van der Waals surface area contributed by atoms with Crippen molar-refractivity contribution < 1.29 is 35.5 Å². The molecule has 0 radical (unpaired) electrons. The van der Waals surface area contributed by atoms with Gasteiger partial charge >= 0.3 is 6.11 Å². The van der Waals surface area contributed by atoms with Gasteiger partial charge in [0.05, 0.1) is 5.56 Å². The van der Waals surface area contributed by atoms with Gasteiger partial charge in [0.15, 0.2) is 23.3 Å². The molecule has 0 saturated carbocycles. The van der Waals surface area contributed by atoms with Crippen LogP contribution < -0.4 is 4.74 Å². The molecular formula is C22H13F7O. The summed E-state index contributed by atoms with van der Waals surface area (Å²) >= 11 is 0. The average Bonchev–Trinajstić information content (AvgIpc) is 2.71. The first kappa shape index (κ1) is 21.4. The number of alkyl halides is 2. The van der Waals surface area contributed by atoms with Gasteiger partial charge in [0, 0.05) is 5.56 Å². The highest BCUT2D eigenvalue weighted by Crippen LogP contribution is 2.34. The number of ether oxygens (including phenoxy) is 1. The molecule has 3 rings (SSSR count). The van der Waals surface area contributed by atoms with Crippen molar-refractivity contribution in [1.29, 1.82) is 0 Å². The topological polar surface area (TPSA) is 9.23 Å². The Morgan fingerprint density at radius 3 is 1.80 bits per heavy atom. The van der Waals surface area contributed by atoms with Gasteiger partial charge in [-0.1, -0.05) is 12.1 Å². The monoisotopic (exact) mass is 426 g/mol. The van der Waals surface area contributed by atoms with E-state index in [2.05, 4.69) is 4.74 Å². The van der Waals surface area contributed by atoms with E-state index in [1.807, 2.05) is 0 Å². The molecule has 0 aliphatic rings. The van der Waals surface area contributed by atoms with Crippen LogP contribution in [0.1, 0.15) is 18.1 Å². The van der Waals surface area contributed by atoms with Crippen molar-refractivity contribution in [2.75, 3.05) is 0 Å². The van der Waals surface area contributed by atoms with Gasteiger partial charge in [0.1, 0.15) is 11.6 Å². The van der Waals surface area contributed by atoms with Gasteiger partial charge in [-0.2, -0.15) is 8.78 Å². The number of rotatable bonds is 5. The molecule has 0 N–H and O–H groups in total. The van der Waals surface area contributed by atoms with Crippen molar-refractivity contribution in [2.24, 2.45) is 0 Å². The third-order valence-electron chi connectivity index (χ3n) is 4.19. The molecule has 0 saturated heterocycles. The molecule has 0 amide bonds. The summed E-state index contributed by atoms with van der Waals surface area (Å²) in [5.74, 6) is -6.88. The number of hydrogen-bond donors (Lipinski definition) is 0. The molecule has 0 heterocycles. The summed E-state index contributed by atoms with van der Waals surface area (Å²) in [4.78, 5) is 0. The minimum atomic E-state index is -3.79. The second-order valence-electron chi connectivity index (χ2n) is 6.32. The van der Waals surface area contributed by atoms with E-state index in [9.17, 15) is 30.7 Å². The molecular weight excluding hydrogens is 413 g/mol. The van der Waals surface area contributed by atoms with Gasteiger partial charge in [-0.15, -0.1) is 0 Å². The largest absolute Gasteiger partial charge is 0.429 e. The Morgan fingerprint density at radius 2 is 1.30 bits per heavy atom. The van der Waals surface area contributed by atoms with Crippen molar-refractivity contribution in [3.05, 3.63) is 95.1 Å². The number of hydrogen-bond acceptors (Lipinski definition) is 1. The molecule has 0 unspecified atom stereocenters. The fourth-order valence-corrected chi connectivity index (χ4v) is 2.65. The Bertz CT molecular complexity index is 1060. The van der Waals surface area contributed by atoms with E-state index in [1.165, 1.54) is 12.1 Å². The predicted molar refractivity (Wildman–Crippen MR) is 97.5 cm³/mol. The Kier molecular flexibility index (Phi) is 5.87. The standard InChI is InChI=1S/C22H13F7O/c1-12(23)20(26)14-4-8-17(9-5-14)30-22(28,29)16-6-2-13(3-7-16)15-10-18(24)21(27)19(25)11-15/h2-11H,1H3. The van der Waals surface area contributed by atoms with E-state index in [1.54, 1.807) is 0 Å². The van der Waals surface area contributed by atoms with E-state index in [4.69, 9.17) is 0 Å². The first-order valence-electron chi connectivity index (χ1n) is 8.53. The van der Waals surface area contributed by atoms with Gasteiger partial charge in [-0.05, 0) is 66.6 Å². The van der Waals surface area contributed by atoms with Crippen molar-refractivity contribution in [1.82, 2.24) is 0 Å². The van der Waals surface area contributed by atoms with E-state index < -0.39 is 40.8 Å². The Balaban J connectivity index is 1.81. The van der Waals surface area contributed by atoms with Gasteiger partial charge in [0.2, 0.25) is 0 Å². The number of benzene rings is 3. The third-order valence-corrected chi connectivity index (χ3v) is 4.19. The summed E-state index contributed by atoms with van der Waals surface area (Å²) in [6.07, 6.45) is -3.79. The molecule has 3 aromatic carbocycles. The second-order valence-corrected chi connectivity index (χ2v) is 6.32. The lowest BCUT2D eigenvalue weighted by molar-refractivity contribution is -0.185. The molecule has 156 valence electrons. The Labute approximate surface area is 167 Å². The smallest absolute Gasteiger partial charge is 0.426 e. The van der Waals surface area contributed by atoms with Crippen molar-refractivity contribution in [2.45, 2.75) is 13.0 Å². The van der Waals surface area contributed by atoms with Gasteiger partial charge in [-0.25, -0.2) is 22.0 Å². The van der Waals surface area contributed by atoms with Crippen LogP contribution in [0, 0.1) is 17.5 Å². The Morgan fingerprint density at radius 1 is 0.767 bits per heavy atom. The fourth-order valence-electron chi connectivity index (χ4n) is 2.65. The summed E-state index contributed by atoms with van der Waals surface area (Å²) in [7, 11) is 0. The molecule has 3 aromatic rings. The quantitative estimate of drug-likeness (QED) is 0.303. The van der Waals surface area contributed by atoms with E-state index in [-0.39, 0.29) is 22.4 Å². The molecule has 0 aliphatic heterocycles. The highest BCUT2D eigenvalue weighted by atomic mass is 19.3. The van der Waals surface area contributed by atoms with Crippen molar-refractivity contribution >= 4 is 5.83 Å². The molecule has 0 aromatic heterocycles. The molecule has 1 nitrogen and oxygen atoms in total. The molecule has 0 fully saturated rings. The zero-order valence-corrected chi connectivity index (χ0v) is 15.3. The molecule has 30 heavy (non-hydrogen) atoms. The molecule has 0 atom stereocenters. The summed E-state index contributed by atoms with van der Waals surface area (Å²) in [5, 5.41) is 0. The van der Waals surface area contributed by atoms with Crippen molar-refractivity contribution in [3.8, 4) is 16.9 Å². The molecule has 0 bridgehead atoms. The van der Waals surface area contributed by atoms with Gasteiger partial charge in [-0.3, -0.25) is 0 Å². The minimum Gasteiger partial charge on any atom is -0.429 e. The second kappa shape index (κ2) is 8.22. The summed E-state index contributed by atoms with van der Waals surface area (Å²) in [6, 6.07) is 10.1. The lowest BCUT2D eigenvalue weighted by Crippen LogP contribution is -2.21. The molecule has 8 heteroatoms. The van der Waals surface area contributed by atoms with Crippen LogP contribution in [0.25, 0.3) is 17.0 Å². The van der Waals surface area contributed by atoms with E-state index >= 15 is 0 Å². The van der Waals surface area contributed by atoms with Crippen LogP contribution in [0.5, 0.6) is 5.75 Å². The van der Waals surface area contributed by atoms with Crippen LogP contribution in [-0.2, 0) is 6.11 Å². The lowest BCUT2D eigenvalue weighted by atomic mass is 10.0. The first-order chi connectivity index (χ1) is 14.1. The molecule has 0 spiro atoms. The van der Waals surface area contributed by atoms with Crippen LogP contribution in [-0.4, -0.2) is 0 Å². The summed E-state index contributed by atoms with van der Waals surface area (Å²) < 4.78 is 99.6. The van der Waals surface area contributed by atoms with E-state index in [0.29, 0.717) is 0 Å². The third kappa shape index (κ3) is 4.48.